The summed E-state index contributed by atoms with van der Waals surface area (Å²) < 4.78 is 37.5. The van der Waals surface area contributed by atoms with Crippen molar-refractivity contribution in [1.82, 2.24) is 0 Å². The molecule has 0 aliphatic heterocycles. The highest BCUT2D eigenvalue weighted by Crippen LogP contribution is 2.40. The smallest absolute Gasteiger partial charge is 0.324 e. The van der Waals surface area contributed by atoms with Crippen molar-refractivity contribution in [2.45, 2.75) is 11.8 Å². The minimum Gasteiger partial charge on any atom is -0.495 e. The molecule has 0 saturated carbocycles. The predicted octanol–water partition coefficient (Wildman–Crippen LogP) is 2.85. The van der Waals surface area contributed by atoms with E-state index >= 15 is 0 Å². The molecule has 1 N–H and O–H groups in total. The molecule has 0 aromatic heterocycles. The van der Waals surface area contributed by atoms with Crippen LogP contribution in [0.5, 0.6) is 11.5 Å². The maximum absolute atomic E-state index is 13.3. The molecule has 29 heavy (non-hydrogen) atoms. The molecule has 10 nitrogen and oxygen atoms in total. The van der Waals surface area contributed by atoms with E-state index in [4.69, 9.17) is 21.1 Å². The Morgan fingerprint density at radius 2 is 1.83 bits per heavy atom. The van der Waals surface area contributed by atoms with Crippen LogP contribution in [0.2, 0.25) is 5.02 Å². The summed E-state index contributed by atoms with van der Waals surface area (Å²) in [5.74, 6) is -1.39. The van der Waals surface area contributed by atoms with E-state index in [1.54, 1.807) is 0 Å². The fraction of sp³-hybridized carbons (Fsp3) is 0.235. The van der Waals surface area contributed by atoms with Crippen molar-refractivity contribution < 1.29 is 32.7 Å². The predicted molar refractivity (Wildman–Crippen MR) is 105 cm³/mol. The summed E-state index contributed by atoms with van der Waals surface area (Å²) >= 11 is 6.04. The van der Waals surface area contributed by atoms with Crippen LogP contribution in [-0.2, 0) is 14.8 Å². The van der Waals surface area contributed by atoms with Crippen LogP contribution in [0.4, 0.5) is 11.4 Å². The van der Waals surface area contributed by atoms with E-state index in [9.17, 15) is 28.4 Å². The first-order chi connectivity index (χ1) is 13.5. The third-order valence-corrected chi connectivity index (χ3v) is 6.15. The van der Waals surface area contributed by atoms with Gasteiger partial charge in [-0.1, -0.05) is 17.7 Å². The lowest BCUT2D eigenvalue weighted by molar-refractivity contribution is -0.385. The highest BCUT2D eigenvalue weighted by atomic mass is 35.5. The molecule has 2 aromatic rings. The zero-order chi connectivity index (χ0) is 21.9. The number of methoxy groups -OCH3 is 2. The number of nitrogens with zero attached hydrogens (tertiary/aromatic N) is 2. The number of anilines is 1. The minimum absolute atomic E-state index is 0.0243. The van der Waals surface area contributed by atoms with Crippen LogP contribution in [0.15, 0.2) is 35.2 Å². The van der Waals surface area contributed by atoms with Gasteiger partial charge in [-0.25, -0.2) is 8.42 Å². The van der Waals surface area contributed by atoms with Crippen molar-refractivity contribution in [2.75, 3.05) is 25.1 Å². The first-order valence-corrected chi connectivity index (χ1v) is 9.75. The molecular formula is C17H17ClN2O8S. The van der Waals surface area contributed by atoms with Gasteiger partial charge < -0.3 is 14.6 Å². The standard InChI is InChI=1S/C17H17ClN2O8S/c1-10-4-5-11(20(23)24)6-16(10)29(25,26)19(9-17(21)22)13-8-14(27-2)12(18)7-15(13)28-3/h4-8H,9H2,1-3H3,(H,21,22). The number of carboxylic acid groups (broad SMARTS) is 1. The van der Waals surface area contributed by atoms with E-state index in [0.717, 1.165) is 12.1 Å². The molecular weight excluding hydrogens is 428 g/mol. The van der Waals surface area contributed by atoms with Crippen molar-refractivity contribution in [1.29, 1.82) is 0 Å². The van der Waals surface area contributed by atoms with E-state index in [1.165, 1.54) is 39.3 Å². The Hall–Kier alpha value is -3.05. The van der Waals surface area contributed by atoms with E-state index in [-0.39, 0.29) is 27.8 Å². The number of hydrogen-bond acceptors (Lipinski definition) is 7. The topological polar surface area (TPSA) is 136 Å². The SMILES string of the molecule is COc1cc(N(CC(=O)O)S(=O)(=O)c2cc([N+](=O)[O-])ccc2C)c(OC)cc1Cl. The highest BCUT2D eigenvalue weighted by Gasteiger charge is 2.32. The Labute approximate surface area is 171 Å². The number of nitro groups is 1. The third-order valence-electron chi connectivity index (χ3n) is 3.95. The van der Waals surface area contributed by atoms with Gasteiger partial charge in [-0.3, -0.25) is 19.2 Å². The zero-order valence-corrected chi connectivity index (χ0v) is 17.2. The second-order valence-electron chi connectivity index (χ2n) is 5.77. The van der Waals surface area contributed by atoms with Crippen molar-refractivity contribution in [2.24, 2.45) is 0 Å². The summed E-state index contributed by atoms with van der Waals surface area (Å²) in [4.78, 5) is 21.4. The molecule has 12 heteroatoms. The maximum atomic E-state index is 13.3. The van der Waals surface area contributed by atoms with Crippen LogP contribution in [0.3, 0.4) is 0 Å². The van der Waals surface area contributed by atoms with Crippen LogP contribution < -0.4 is 13.8 Å². The molecule has 0 fully saturated rings. The van der Waals surface area contributed by atoms with Crippen molar-refractivity contribution in [3.8, 4) is 11.5 Å². The molecule has 0 atom stereocenters. The monoisotopic (exact) mass is 444 g/mol. The first kappa shape index (κ1) is 22.2. The number of carbonyl (C=O) groups is 1. The summed E-state index contributed by atoms with van der Waals surface area (Å²) in [6.45, 7) is 0.473. The lowest BCUT2D eigenvalue weighted by Gasteiger charge is -2.25. The van der Waals surface area contributed by atoms with Crippen LogP contribution in [0, 0.1) is 17.0 Å². The highest BCUT2D eigenvalue weighted by molar-refractivity contribution is 7.93. The Kier molecular flexibility index (Phi) is 6.55. The maximum Gasteiger partial charge on any atom is 0.324 e. The Morgan fingerprint density at radius 3 is 2.34 bits per heavy atom. The lowest BCUT2D eigenvalue weighted by Crippen LogP contribution is -2.36. The number of benzene rings is 2. The lowest BCUT2D eigenvalue weighted by atomic mass is 10.2. The summed E-state index contributed by atoms with van der Waals surface area (Å²) in [7, 11) is -1.98. The normalized spacial score (nSPS) is 11.0. The van der Waals surface area contributed by atoms with Gasteiger partial charge in [0.1, 0.15) is 18.0 Å². The van der Waals surface area contributed by atoms with Gasteiger partial charge in [-0.2, -0.15) is 0 Å². The van der Waals surface area contributed by atoms with Gasteiger partial charge in [0.25, 0.3) is 15.7 Å². The first-order valence-electron chi connectivity index (χ1n) is 7.94. The average molecular weight is 445 g/mol. The summed E-state index contributed by atoms with van der Waals surface area (Å²) in [5.41, 5.74) is -0.405. The number of hydrogen-bond donors (Lipinski definition) is 1. The van der Waals surface area contributed by atoms with Gasteiger partial charge in [-0.05, 0) is 12.5 Å². The van der Waals surface area contributed by atoms with Gasteiger partial charge >= 0.3 is 5.97 Å². The fourth-order valence-corrected chi connectivity index (χ4v) is 4.46. The molecule has 2 aromatic carbocycles. The van der Waals surface area contributed by atoms with Crippen LogP contribution >= 0.6 is 11.6 Å². The summed E-state index contributed by atoms with van der Waals surface area (Å²) in [6, 6.07) is 5.79. The van der Waals surface area contributed by atoms with Crippen molar-refractivity contribution in [3.05, 3.63) is 51.0 Å². The number of rotatable bonds is 8. The molecule has 0 bridgehead atoms. The molecule has 0 amide bonds. The van der Waals surface area contributed by atoms with Gasteiger partial charge in [0.15, 0.2) is 0 Å². The fourth-order valence-electron chi connectivity index (χ4n) is 2.56. The number of aryl methyl sites for hydroxylation is 1. The second-order valence-corrected chi connectivity index (χ2v) is 8.01. The van der Waals surface area contributed by atoms with Gasteiger partial charge in [0.2, 0.25) is 0 Å². The van der Waals surface area contributed by atoms with Crippen LogP contribution in [-0.4, -0.2) is 45.2 Å². The third kappa shape index (κ3) is 4.51. The molecule has 0 spiro atoms. The summed E-state index contributed by atoms with van der Waals surface area (Å²) in [6.07, 6.45) is 0. The van der Waals surface area contributed by atoms with Crippen molar-refractivity contribution in [3.63, 3.8) is 0 Å². The molecule has 2 rings (SSSR count). The number of non-ortho nitro benzene ring substituents is 1. The molecule has 0 saturated heterocycles. The van der Waals surface area contributed by atoms with E-state index in [2.05, 4.69) is 0 Å². The zero-order valence-electron chi connectivity index (χ0n) is 15.6. The number of ether oxygens (including phenoxy) is 2. The Balaban J connectivity index is 2.79. The molecule has 0 heterocycles. The average Bonchev–Trinajstić information content (AvgIpc) is 2.65. The quantitative estimate of drug-likeness (QED) is 0.484. The van der Waals surface area contributed by atoms with Gasteiger partial charge in [0.05, 0.1) is 34.7 Å². The second kappa shape index (κ2) is 8.53. The van der Waals surface area contributed by atoms with Gasteiger partial charge in [0, 0.05) is 24.3 Å². The Bertz CT molecular complexity index is 1070. The number of carboxylic acids is 1. The largest absolute Gasteiger partial charge is 0.495 e. The molecule has 0 unspecified atom stereocenters. The van der Waals surface area contributed by atoms with E-state index < -0.39 is 38.0 Å². The van der Waals surface area contributed by atoms with Crippen molar-refractivity contribution >= 4 is 39.0 Å². The number of halogens is 1. The molecule has 156 valence electrons. The van der Waals surface area contributed by atoms with Gasteiger partial charge in [-0.15, -0.1) is 0 Å². The van der Waals surface area contributed by atoms with Crippen LogP contribution in [0.25, 0.3) is 0 Å². The summed E-state index contributed by atoms with van der Waals surface area (Å²) in [5, 5.41) is 20.5. The minimum atomic E-state index is -4.54. The van der Waals surface area contributed by atoms with E-state index in [1.807, 2.05) is 0 Å². The number of aliphatic carboxylic acids is 1. The van der Waals surface area contributed by atoms with Crippen LogP contribution in [0.1, 0.15) is 5.56 Å². The molecule has 0 aliphatic carbocycles. The molecule has 0 aliphatic rings. The number of nitro benzene ring substituents is 1. The number of sulfonamides is 1. The molecule has 0 radical (unpaired) electrons. The Morgan fingerprint density at radius 1 is 1.21 bits per heavy atom. The van der Waals surface area contributed by atoms with E-state index in [0.29, 0.717) is 4.31 Å².